The first-order valence-electron chi connectivity index (χ1n) is 6.73. The Morgan fingerprint density at radius 2 is 1.80 bits per heavy atom. The van der Waals surface area contributed by atoms with Gasteiger partial charge in [0.05, 0.1) is 12.2 Å². The van der Waals surface area contributed by atoms with Gasteiger partial charge in [-0.25, -0.2) is 4.68 Å². The van der Waals surface area contributed by atoms with Gasteiger partial charge in [0.25, 0.3) is 5.56 Å². The van der Waals surface area contributed by atoms with Gasteiger partial charge < -0.3 is 4.74 Å². The van der Waals surface area contributed by atoms with Crippen LogP contribution in [0.3, 0.4) is 0 Å². The number of hydrogen-bond donors (Lipinski definition) is 0. The molecule has 20 heavy (non-hydrogen) atoms. The monoisotopic (exact) mass is 272 g/mol. The van der Waals surface area contributed by atoms with Crippen LogP contribution in [0.1, 0.15) is 26.5 Å². The number of aromatic nitrogens is 2. The molecule has 0 fully saturated rings. The second-order valence-electron chi connectivity index (χ2n) is 5.69. The fourth-order valence-electron chi connectivity index (χ4n) is 1.78. The minimum atomic E-state index is -0.102. The zero-order valence-corrected chi connectivity index (χ0v) is 12.2. The van der Waals surface area contributed by atoms with Crippen LogP contribution >= 0.6 is 0 Å². The van der Waals surface area contributed by atoms with Crippen LogP contribution in [0.5, 0.6) is 5.75 Å². The molecule has 1 heterocycles. The summed E-state index contributed by atoms with van der Waals surface area (Å²) in [7, 11) is 0. The third-order valence-electron chi connectivity index (χ3n) is 2.95. The molecule has 4 nitrogen and oxygen atoms in total. The van der Waals surface area contributed by atoms with E-state index in [1.165, 1.54) is 4.68 Å². The highest BCUT2D eigenvalue weighted by Gasteiger charge is 2.16. The summed E-state index contributed by atoms with van der Waals surface area (Å²) in [6.07, 6.45) is 0. The van der Waals surface area contributed by atoms with Gasteiger partial charge in [0, 0.05) is 11.5 Å². The lowest BCUT2D eigenvalue weighted by Gasteiger charge is -2.18. The van der Waals surface area contributed by atoms with Crippen molar-refractivity contribution in [1.29, 1.82) is 0 Å². The van der Waals surface area contributed by atoms with Crippen LogP contribution < -0.4 is 10.3 Å². The highest BCUT2D eigenvalue weighted by atomic mass is 16.5. The van der Waals surface area contributed by atoms with Crippen molar-refractivity contribution in [1.82, 2.24) is 9.78 Å². The summed E-state index contributed by atoms with van der Waals surface area (Å²) < 4.78 is 7.05. The van der Waals surface area contributed by atoms with Crippen LogP contribution in [0, 0.1) is 0 Å². The lowest BCUT2D eigenvalue weighted by atomic mass is 9.92. The van der Waals surface area contributed by atoms with E-state index in [2.05, 4.69) is 25.9 Å². The van der Waals surface area contributed by atoms with Gasteiger partial charge in [-0.05, 0) is 18.2 Å². The third kappa shape index (κ3) is 3.70. The van der Waals surface area contributed by atoms with Crippen molar-refractivity contribution in [3.05, 3.63) is 58.5 Å². The Bertz CT molecular complexity index is 612. The topological polar surface area (TPSA) is 44.1 Å². The summed E-state index contributed by atoms with van der Waals surface area (Å²) in [5, 5.41) is 4.40. The summed E-state index contributed by atoms with van der Waals surface area (Å²) in [6, 6.07) is 12.9. The molecule has 1 aromatic carbocycles. The lowest BCUT2D eigenvalue weighted by molar-refractivity contribution is 0.286. The number of nitrogens with zero attached hydrogens (tertiary/aromatic N) is 2. The van der Waals surface area contributed by atoms with E-state index >= 15 is 0 Å². The standard InChI is InChI=1S/C16H20N2O2/c1-16(2,3)14-9-10-15(19)18(17-14)11-12-20-13-7-5-4-6-8-13/h4-10H,11-12H2,1-3H3. The van der Waals surface area contributed by atoms with Crippen molar-refractivity contribution in [2.45, 2.75) is 32.7 Å². The van der Waals surface area contributed by atoms with Gasteiger partial charge in [0.15, 0.2) is 0 Å². The number of rotatable bonds is 4. The first-order chi connectivity index (χ1) is 9.47. The normalized spacial score (nSPS) is 11.3. The molecule has 1 aromatic heterocycles. The summed E-state index contributed by atoms with van der Waals surface area (Å²) >= 11 is 0. The van der Waals surface area contributed by atoms with E-state index in [-0.39, 0.29) is 11.0 Å². The van der Waals surface area contributed by atoms with E-state index in [9.17, 15) is 4.79 Å². The van der Waals surface area contributed by atoms with Gasteiger partial charge in [-0.3, -0.25) is 4.79 Å². The van der Waals surface area contributed by atoms with Gasteiger partial charge in [-0.2, -0.15) is 5.10 Å². The van der Waals surface area contributed by atoms with Gasteiger partial charge in [0.1, 0.15) is 12.4 Å². The first-order valence-corrected chi connectivity index (χ1v) is 6.73. The minimum Gasteiger partial charge on any atom is -0.492 e. The SMILES string of the molecule is CC(C)(C)c1ccc(=O)n(CCOc2ccccc2)n1. The van der Waals surface area contributed by atoms with Crippen molar-refractivity contribution in [2.75, 3.05) is 6.61 Å². The predicted octanol–water partition coefficient (Wildman–Crippen LogP) is 2.62. The Kier molecular flexibility index (Phi) is 4.23. The molecular formula is C16H20N2O2. The Morgan fingerprint density at radius 3 is 2.45 bits per heavy atom. The van der Waals surface area contributed by atoms with E-state index in [0.29, 0.717) is 13.2 Å². The molecule has 0 bridgehead atoms. The zero-order chi connectivity index (χ0) is 14.6. The highest BCUT2D eigenvalue weighted by Crippen LogP contribution is 2.18. The molecule has 0 saturated carbocycles. The summed E-state index contributed by atoms with van der Waals surface area (Å²) in [4.78, 5) is 11.8. The molecule has 0 aliphatic rings. The van der Waals surface area contributed by atoms with Gasteiger partial charge >= 0.3 is 0 Å². The van der Waals surface area contributed by atoms with Crippen LogP contribution in [0.2, 0.25) is 0 Å². The van der Waals surface area contributed by atoms with Crippen LogP contribution in [-0.4, -0.2) is 16.4 Å². The summed E-state index contributed by atoms with van der Waals surface area (Å²) in [5.41, 5.74) is 0.724. The van der Waals surface area contributed by atoms with Crippen molar-refractivity contribution in [3.8, 4) is 5.75 Å². The maximum Gasteiger partial charge on any atom is 0.266 e. The van der Waals surface area contributed by atoms with Crippen molar-refractivity contribution >= 4 is 0 Å². The lowest BCUT2D eigenvalue weighted by Crippen LogP contribution is -2.28. The average molecular weight is 272 g/mol. The van der Waals surface area contributed by atoms with E-state index < -0.39 is 0 Å². The Morgan fingerprint density at radius 1 is 1.10 bits per heavy atom. The molecule has 0 amide bonds. The van der Waals surface area contributed by atoms with Gasteiger partial charge in [-0.1, -0.05) is 39.0 Å². The van der Waals surface area contributed by atoms with Crippen LogP contribution in [-0.2, 0) is 12.0 Å². The number of benzene rings is 1. The van der Waals surface area contributed by atoms with E-state index in [0.717, 1.165) is 11.4 Å². The molecular weight excluding hydrogens is 252 g/mol. The average Bonchev–Trinajstić information content (AvgIpc) is 2.41. The van der Waals surface area contributed by atoms with Crippen molar-refractivity contribution in [3.63, 3.8) is 0 Å². The second kappa shape index (κ2) is 5.90. The zero-order valence-electron chi connectivity index (χ0n) is 12.2. The third-order valence-corrected chi connectivity index (χ3v) is 2.95. The van der Waals surface area contributed by atoms with Crippen molar-refractivity contribution in [2.24, 2.45) is 0 Å². The van der Waals surface area contributed by atoms with E-state index in [4.69, 9.17) is 4.74 Å². The van der Waals surface area contributed by atoms with Crippen LogP contribution in [0.25, 0.3) is 0 Å². The Labute approximate surface area is 119 Å². The molecule has 2 rings (SSSR count). The Hall–Kier alpha value is -2.10. The first kappa shape index (κ1) is 14.3. The maximum absolute atomic E-state index is 11.8. The fraction of sp³-hybridized carbons (Fsp3) is 0.375. The largest absolute Gasteiger partial charge is 0.492 e. The molecule has 0 radical (unpaired) electrons. The molecule has 106 valence electrons. The second-order valence-corrected chi connectivity index (χ2v) is 5.69. The summed E-state index contributed by atoms with van der Waals surface area (Å²) in [5.74, 6) is 0.799. The Balaban J connectivity index is 2.04. The molecule has 0 saturated heterocycles. The van der Waals surface area contributed by atoms with E-state index in [1.807, 2.05) is 30.3 Å². The molecule has 4 heteroatoms. The molecule has 0 N–H and O–H groups in total. The van der Waals surface area contributed by atoms with Crippen molar-refractivity contribution < 1.29 is 4.74 Å². The minimum absolute atomic E-state index is 0.0737. The smallest absolute Gasteiger partial charge is 0.266 e. The van der Waals surface area contributed by atoms with Gasteiger partial charge in [-0.15, -0.1) is 0 Å². The molecule has 0 spiro atoms. The predicted molar refractivity (Wildman–Crippen MR) is 79.1 cm³/mol. The van der Waals surface area contributed by atoms with Gasteiger partial charge in [0.2, 0.25) is 0 Å². The number of para-hydroxylation sites is 1. The maximum atomic E-state index is 11.8. The molecule has 2 aromatic rings. The molecule has 0 aliphatic carbocycles. The molecule has 0 unspecified atom stereocenters. The molecule has 0 atom stereocenters. The van der Waals surface area contributed by atoms with E-state index in [1.54, 1.807) is 12.1 Å². The molecule has 0 aliphatic heterocycles. The summed E-state index contributed by atoms with van der Waals surface area (Å²) in [6.45, 7) is 7.09. The fourth-order valence-corrected chi connectivity index (χ4v) is 1.78. The number of ether oxygens (including phenoxy) is 1. The highest BCUT2D eigenvalue weighted by molar-refractivity contribution is 5.20. The van der Waals surface area contributed by atoms with Crippen LogP contribution in [0.15, 0.2) is 47.3 Å². The quantitative estimate of drug-likeness (QED) is 0.859. The van der Waals surface area contributed by atoms with Crippen LogP contribution in [0.4, 0.5) is 0 Å². The number of hydrogen-bond acceptors (Lipinski definition) is 3.